The number of amides is 1. The number of carbonyl (C=O) groups is 1. The van der Waals surface area contributed by atoms with E-state index >= 15 is 0 Å². The van der Waals surface area contributed by atoms with Crippen molar-refractivity contribution in [2.45, 2.75) is 24.7 Å². The molecule has 4 rings (SSSR count). The van der Waals surface area contributed by atoms with Gasteiger partial charge in [-0.3, -0.25) is 9.52 Å². The van der Waals surface area contributed by atoms with E-state index in [1.807, 2.05) is 35.7 Å². The van der Waals surface area contributed by atoms with Crippen LogP contribution >= 0.6 is 11.6 Å². The fourth-order valence-electron chi connectivity index (χ4n) is 3.21. The van der Waals surface area contributed by atoms with Crippen LogP contribution in [0.5, 0.6) is 0 Å². The number of carbonyl (C=O) groups excluding carboxylic acids is 1. The van der Waals surface area contributed by atoms with Crippen LogP contribution in [0.1, 0.15) is 17.8 Å². The minimum atomic E-state index is -3.85. The number of pyridine rings is 1. The fourth-order valence-corrected chi connectivity index (χ4v) is 4.30. The van der Waals surface area contributed by atoms with Gasteiger partial charge in [-0.15, -0.1) is 10.2 Å². The van der Waals surface area contributed by atoms with Crippen LogP contribution in [0.4, 0.5) is 11.5 Å². The smallest absolute Gasteiger partial charge is 0.263 e. The van der Waals surface area contributed by atoms with Gasteiger partial charge in [0.05, 0.1) is 10.6 Å². The zero-order valence-corrected chi connectivity index (χ0v) is 18.6. The molecule has 4 aromatic rings. The monoisotopic (exact) mass is 470 g/mol. The number of fused-ring (bicyclic) bond motifs is 1. The highest BCUT2D eigenvalue weighted by Gasteiger charge is 2.16. The molecular formula is C21H19ClN6O3S. The van der Waals surface area contributed by atoms with Gasteiger partial charge in [-0.2, -0.15) is 0 Å². The number of nitrogens with zero attached hydrogens (tertiary/aromatic N) is 4. The van der Waals surface area contributed by atoms with Crippen molar-refractivity contribution in [2.24, 2.45) is 0 Å². The molecule has 0 saturated carbocycles. The Labute approximate surface area is 189 Å². The number of benzene rings is 1. The fraction of sp³-hybridized carbons (Fsp3) is 0.143. The first-order valence-electron chi connectivity index (χ1n) is 9.66. The van der Waals surface area contributed by atoms with Crippen molar-refractivity contribution in [1.29, 1.82) is 0 Å². The van der Waals surface area contributed by atoms with E-state index in [9.17, 15) is 13.2 Å². The number of aromatic nitrogens is 4. The maximum atomic E-state index is 12.5. The Morgan fingerprint density at radius 2 is 1.84 bits per heavy atom. The van der Waals surface area contributed by atoms with Crippen LogP contribution in [0.2, 0.25) is 5.15 Å². The van der Waals surface area contributed by atoms with E-state index < -0.39 is 10.0 Å². The van der Waals surface area contributed by atoms with E-state index in [1.54, 1.807) is 0 Å². The molecule has 1 amide bonds. The van der Waals surface area contributed by atoms with Gasteiger partial charge in [0.2, 0.25) is 5.91 Å². The zero-order valence-electron chi connectivity index (χ0n) is 17.0. The van der Waals surface area contributed by atoms with Crippen LogP contribution in [0, 0.1) is 6.92 Å². The standard InChI is InChI=1S/C21H19ClN6O3S/c1-14-17(28-13-3-2-4-20(28)23-14)9-12-21(29)24-15-5-7-16(8-6-15)32(30,31)27-19-11-10-18(22)25-26-19/h2-8,10-11,13H,9,12H2,1H3,(H,24,29)(H,26,27). The minimum Gasteiger partial charge on any atom is -0.326 e. The maximum absolute atomic E-state index is 12.5. The normalized spacial score (nSPS) is 11.4. The van der Waals surface area contributed by atoms with Gasteiger partial charge in [-0.1, -0.05) is 17.7 Å². The first-order chi connectivity index (χ1) is 15.3. The second kappa shape index (κ2) is 8.93. The summed E-state index contributed by atoms with van der Waals surface area (Å²) in [5, 5.41) is 10.2. The molecule has 0 aliphatic heterocycles. The summed E-state index contributed by atoms with van der Waals surface area (Å²) in [6.45, 7) is 1.92. The Morgan fingerprint density at radius 1 is 1.06 bits per heavy atom. The molecule has 0 fully saturated rings. The number of anilines is 2. The number of hydrogen-bond acceptors (Lipinski definition) is 6. The van der Waals surface area contributed by atoms with Crippen molar-refractivity contribution in [3.8, 4) is 0 Å². The Kier molecular flexibility index (Phi) is 6.06. The molecule has 11 heteroatoms. The van der Waals surface area contributed by atoms with E-state index in [2.05, 4.69) is 25.2 Å². The van der Waals surface area contributed by atoms with Crippen molar-refractivity contribution in [2.75, 3.05) is 10.0 Å². The summed E-state index contributed by atoms with van der Waals surface area (Å²) in [6.07, 6.45) is 2.72. The van der Waals surface area contributed by atoms with Crippen LogP contribution in [0.3, 0.4) is 0 Å². The molecular weight excluding hydrogens is 452 g/mol. The third-order valence-electron chi connectivity index (χ3n) is 4.74. The van der Waals surface area contributed by atoms with Gasteiger partial charge in [0.25, 0.3) is 10.0 Å². The summed E-state index contributed by atoms with van der Waals surface area (Å²) in [7, 11) is -3.85. The highest BCUT2D eigenvalue weighted by atomic mass is 35.5. The molecule has 2 N–H and O–H groups in total. The molecule has 0 unspecified atom stereocenters. The third kappa shape index (κ3) is 4.87. The topological polar surface area (TPSA) is 118 Å². The minimum absolute atomic E-state index is 0.0219. The van der Waals surface area contributed by atoms with E-state index in [0.717, 1.165) is 17.0 Å². The van der Waals surface area contributed by atoms with E-state index in [4.69, 9.17) is 11.6 Å². The van der Waals surface area contributed by atoms with Crippen molar-refractivity contribution in [3.05, 3.63) is 77.3 Å². The van der Waals surface area contributed by atoms with Gasteiger partial charge in [0, 0.05) is 24.0 Å². The van der Waals surface area contributed by atoms with Gasteiger partial charge in [0.1, 0.15) is 5.65 Å². The Balaban J connectivity index is 1.38. The van der Waals surface area contributed by atoms with Crippen molar-refractivity contribution in [1.82, 2.24) is 19.6 Å². The molecule has 9 nitrogen and oxygen atoms in total. The molecule has 3 aromatic heterocycles. The number of nitrogens with one attached hydrogen (secondary N) is 2. The number of hydrogen-bond donors (Lipinski definition) is 2. The zero-order chi connectivity index (χ0) is 22.7. The molecule has 0 radical (unpaired) electrons. The maximum Gasteiger partial charge on any atom is 0.263 e. The second-order valence-electron chi connectivity index (χ2n) is 6.99. The largest absolute Gasteiger partial charge is 0.326 e. The van der Waals surface area contributed by atoms with Crippen LogP contribution < -0.4 is 10.0 Å². The molecule has 32 heavy (non-hydrogen) atoms. The average molecular weight is 471 g/mol. The number of rotatable bonds is 7. The van der Waals surface area contributed by atoms with E-state index in [1.165, 1.54) is 36.4 Å². The van der Waals surface area contributed by atoms with Gasteiger partial charge < -0.3 is 9.72 Å². The summed E-state index contributed by atoms with van der Waals surface area (Å²) in [6, 6.07) is 14.4. The van der Waals surface area contributed by atoms with Crippen LogP contribution in [-0.4, -0.2) is 33.9 Å². The predicted molar refractivity (Wildman–Crippen MR) is 121 cm³/mol. The molecule has 0 atom stereocenters. The van der Waals surface area contributed by atoms with E-state index in [0.29, 0.717) is 12.1 Å². The van der Waals surface area contributed by atoms with E-state index in [-0.39, 0.29) is 28.2 Å². The van der Waals surface area contributed by atoms with Crippen LogP contribution in [0.25, 0.3) is 5.65 Å². The van der Waals surface area contributed by atoms with Gasteiger partial charge in [0.15, 0.2) is 11.0 Å². The highest BCUT2D eigenvalue weighted by Crippen LogP contribution is 2.18. The number of halogens is 1. The summed E-state index contributed by atoms with van der Waals surface area (Å²) in [5.74, 6) is -0.130. The molecule has 0 aliphatic carbocycles. The highest BCUT2D eigenvalue weighted by molar-refractivity contribution is 7.92. The van der Waals surface area contributed by atoms with Crippen molar-refractivity contribution >= 4 is 44.7 Å². The lowest BCUT2D eigenvalue weighted by Crippen LogP contribution is -2.15. The lowest BCUT2D eigenvalue weighted by atomic mass is 10.2. The Morgan fingerprint density at radius 3 is 2.56 bits per heavy atom. The number of aryl methyl sites for hydroxylation is 2. The summed E-state index contributed by atoms with van der Waals surface area (Å²) < 4.78 is 29.3. The van der Waals surface area contributed by atoms with Crippen LogP contribution in [-0.2, 0) is 21.2 Å². The lowest BCUT2D eigenvalue weighted by molar-refractivity contribution is -0.116. The lowest BCUT2D eigenvalue weighted by Gasteiger charge is -2.09. The van der Waals surface area contributed by atoms with Crippen LogP contribution in [0.15, 0.2) is 65.7 Å². The molecule has 3 heterocycles. The quantitative estimate of drug-likeness (QED) is 0.427. The average Bonchev–Trinajstić information content (AvgIpc) is 3.09. The van der Waals surface area contributed by atoms with Gasteiger partial charge >= 0.3 is 0 Å². The number of sulfonamides is 1. The second-order valence-corrected chi connectivity index (χ2v) is 9.06. The molecule has 0 aliphatic rings. The summed E-state index contributed by atoms with van der Waals surface area (Å²) in [4.78, 5) is 16.9. The van der Waals surface area contributed by atoms with Crippen molar-refractivity contribution in [3.63, 3.8) is 0 Å². The molecule has 0 spiro atoms. The predicted octanol–water partition coefficient (Wildman–Crippen LogP) is 3.46. The third-order valence-corrected chi connectivity index (χ3v) is 6.31. The number of imidazole rings is 1. The van der Waals surface area contributed by atoms with Gasteiger partial charge in [-0.25, -0.2) is 13.4 Å². The summed E-state index contributed by atoms with van der Waals surface area (Å²) >= 11 is 5.65. The molecule has 1 aromatic carbocycles. The first kappa shape index (κ1) is 21.7. The SMILES string of the molecule is Cc1nc2ccccn2c1CCC(=O)Nc1ccc(S(=O)(=O)Nc2ccc(Cl)nn2)cc1. The van der Waals surface area contributed by atoms with Crippen molar-refractivity contribution < 1.29 is 13.2 Å². The van der Waals surface area contributed by atoms with Gasteiger partial charge in [-0.05, 0) is 61.9 Å². The molecule has 0 saturated heterocycles. The molecule has 164 valence electrons. The first-order valence-corrected chi connectivity index (χ1v) is 11.5. The Hall–Kier alpha value is -3.50. The Bertz CT molecular complexity index is 1370. The molecule has 0 bridgehead atoms. The summed E-state index contributed by atoms with van der Waals surface area (Å²) in [5.41, 5.74) is 3.20.